The van der Waals surface area contributed by atoms with Gasteiger partial charge in [0.2, 0.25) is 0 Å². The summed E-state index contributed by atoms with van der Waals surface area (Å²) in [5.41, 5.74) is 1.92. The molecule has 30 heavy (non-hydrogen) atoms. The number of thiazole rings is 1. The first kappa shape index (κ1) is 23.7. The number of nitro benzene ring substituents is 1. The zero-order valence-electron chi connectivity index (χ0n) is 17.2. The topological polar surface area (TPSA) is 79.6 Å². The Morgan fingerprint density at radius 2 is 1.90 bits per heavy atom. The number of fused-ring (bicyclic) bond motifs is 1. The van der Waals surface area contributed by atoms with Gasteiger partial charge < -0.3 is 4.90 Å². The van der Waals surface area contributed by atoms with E-state index in [1.165, 1.54) is 29.0 Å². The van der Waals surface area contributed by atoms with Gasteiger partial charge in [-0.1, -0.05) is 36.5 Å². The third-order valence-corrected chi connectivity index (χ3v) is 5.69. The predicted molar refractivity (Wildman–Crippen MR) is 124 cm³/mol. The lowest BCUT2D eigenvalue weighted by Gasteiger charge is -2.21. The molecule has 0 atom stereocenters. The first-order chi connectivity index (χ1) is 13.9. The van der Waals surface area contributed by atoms with E-state index in [2.05, 4.69) is 18.0 Å². The van der Waals surface area contributed by atoms with E-state index < -0.39 is 10.8 Å². The fourth-order valence-electron chi connectivity index (χ4n) is 3.08. The smallest absolute Gasteiger partial charge is 0.282 e. The van der Waals surface area contributed by atoms with E-state index in [1.54, 1.807) is 17.0 Å². The minimum atomic E-state index is -0.517. The molecule has 0 aliphatic carbocycles. The van der Waals surface area contributed by atoms with Crippen LogP contribution >= 0.6 is 23.7 Å². The van der Waals surface area contributed by atoms with E-state index >= 15 is 0 Å². The molecule has 0 fully saturated rings. The Kier molecular flexibility index (Phi) is 8.28. The van der Waals surface area contributed by atoms with Crippen LogP contribution in [0.4, 0.5) is 10.8 Å². The molecule has 0 saturated carbocycles. The van der Waals surface area contributed by atoms with Crippen molar-refractivity contribution in [3.63, 3.8) is 0 Å². The van der Waals surface area contributed by atoms with Gasteiger partial charge in [0.1, 0.15) is 5.56 Å². The zero-order valence-corrected chi connectivity index (χ0v) is 18.8. The number of anilines is 1. The molecule has 3 rings (SSSR count). The largest absolute Gasteiger partial charge is 0.309 e. The van der Waals surface area contributed by atoms with Crippen LogP contribution in [0.15, 0.2) is 42.5 Å². The first-order valence-electron chi connectivity index (χ1n) is 9.50. The van der Waals surface area contributed by atoms with E-state index in [9.17, 15) is 14.9 Å². The van der Waals surface area contributed by atoms with Gasteiger partial charge in [0, 0.05) is 12.6 Å². The molecule has 1 amide bonds. The van der Waals surface area contributed by atoms with Gasteiger partial charge in [-0.15, -0.1) is 12.4 Å². The molecule has 0 spiro atoms. The van der Waals surface area contributed by atoms with Crippen LogP contribution in [0.1, 0.15) is 29.3 Å². The Hall–Kier alpha value is -2.55. The number of amides is 1. The van der Waals surface area contributed by atoms with E-state index in [-0.39, 0.29) is 23.7 Å². The minimum Gasteiger partial charge on any atom is -0.309 e. The standard InChI is InChI=1S/C21H24N4O3S.ClH/c1-4-15-10-11-17-19(14-15)29-21(22-17)24(13-7-12-23(2)3)20(26)16-8-5-6-9-18(16)25(27)28;/h5-6,8-11,14H,4,7,12-13H2,1-3H3;1H. The monoisotopic (exact) mass is 448 g/mol. The maximum atomic E-state index is 13.3. The molecule has 0 N–H and O–H groups in total. The second kappa shape index (κ2) is 10.5. The number of rotatable bonds is 8. The first-order valence-corrected chi connectivity index (χ1v) is 10.3. The highest BCUT2D eigenvalue weighted by Gasteiger charge is 2.27. The quantitative estimate of drug-likeness (QED) is 0.365. The van der Waals surface area contributed by atoms with Gasteiger partial charge in [-0.2, -0.15) is 0 Å². The zero-order chi connectivity index (χ0) is 21.0. The maximum Gasteiger partial charge on any atom is 0.282 e. The van der Waals surface area contributed by atoms with Crippen molar-refractivity contribution in [2.75, 3.05) is 32.1 Å². The number of carbonyl (C=O) groups is 1. The summed E-state index contributed by atoms with van der Waals surface area (Å²) in [7, 11) is 3.94. The molecule has 9 heteroatoms. The van der Waals surface area contributed by atoms with E-state index in [0.717, 1.165) is 29.6 Å². The minimum absolute atomic E-state index is 0. The van der Waals surface area contributed by atoms with Crippen molar-refractivity contribution < 1.29 is 9.72 Å². The number of nitrogens with zero attached hydrogens (tertiary/aromatic N) is 4. The van der Waals surface area contributed by atoms with Crippen molar-refractivity contribution in [3.05, 3.63) is 63.7 Å². The summed E-state index contributed by atoms with van der Waals surface area (Å²) in [6.07, 6.45) is 1.65. The van der Waals surface area contributed by atoms with E-state index in [1.807, 2.05) is 31.1 Å². The van der Waals surface area contributed by atoms with Crippen molar-refractivity contribution in [2.45, 2.75) is 19.8 Å². The maximum absolute atomic E-state index is 13.3. The van der Waals surface area contributed by atoms with Gasteiger partial charge in [-0.25, -0.2) is 4.98 Å². The Balaban J connectivity index is 0.00000320. The normalized spacial score (nSPS) is 10.8. The number of carbonyl (C=O) groups excluding carboxylic acids is 1. The Morgan fingerprint density at radius 3 is 2.57 bits per heavy atom. The van der Waals surface area contributed by atoms with Crippen molar-refractivity contribution >= 4 is 50.7 Å². The van der Waals surface area contributed by atoms with E-state index in [4.69, 9.17) is 0 Å². The summed E-state index contributed by atoms with van der Waals surface area (Å²) >= 11 is 1.44. The van der Waals surface area contributed by atoms with Crippen molar-refractivity contribution in [3.8, 4) is 0 Å². The van der Waals surface area contributed by atoms with Gasteiger partial charge in [0.25, 0.3) is 11.6 Å². The number of hydrogen-bond donors (Lipinski definition) is 0. The third kappa shape index (κ3) is 5.33. The Morgan fingerprint density at radius 1 is 1.17 bits per heavy atom. The fraction of sp³-hybridized carbons (Fsp3) is 0.333. The number of benzene rings is 2. The molecule has 0 aliphatic rings. The van der Waals surface area contributed by atoms with Crippen LogP contribution < -0.4 is 4.90 Å². The molecule has 0 aliphatic heterocycles. The highest BCUT2D eigenvalue weighted by molar-refractivity contribution is 7.22. The third-order valence-electron chi connectivity index (χ3n) is 4.64. The number of hydrogen-bond acceptors (Lipinski definition) is 6. The average molecular weight is 449 g/mol. The van der Waals surface area contributed by atoms with Crippen molar-refractivity contribution in [1.29, 1.82) is 0 Å². The molecule has 7 nitrogen and oxygen atoms in total. The summed E-state index contributed by atoms with van der Waals surface area (Å²) in [6.45, 7) is 3.32. The lowest BCUT2D eigenvalue weighted by molar-refractivity contribution is -0.385. The van der Waals surface area contributed by atoms with Crippen molar-refractivity contribution in [2.24, 2.45) is 0 Å². The molecule has 0 saturated heterocycles. The van der Waals surface area contributed by atoms with Crippen LogP contribution in [0.2, 0.25) is 0 Å². The van der Waals surface area contributed by atoms with Crippen LogP contribution in [0, 0.1) is 10.1 Å². The SMILES string of the molecule is CCc1ccc2nc(N(CCCN(C)C)C(=O)c3ccccc3[N+](=O)[O-])sc2c1.Cl. The van der Waals surface area contributed by atoms with E-state index in [0.29, 0.717) is 11.7 Å². The van der Waals surface area contributed by atoms with Gasteiger partial charge in [-0.05, 0) is 57.2 Å². The lowest BCUT2D eigenvalue weighted by Crippen LogP contribution is -2.33. The summed E-state index contributed by atoms with van der Waals surface area (Å²) in [5, 5.41) is 12.0. The number of halogens is 1. The van der Waals surface area contributed by atoms with Crippen LogP contribution in [-0.2, 0) is 6.42 Å². The molecule has 2 aromatic carbocycles. The molecule has 1 aromatic heterocycles. The number of para-hydroxylation sites is 1. The highest BCUT2D eigenvalue weighted by Crippen LogP contribution is 2.32. The molecule has 0 bridgehead atoms. The molecule has 3 aromatic rings. The molecule has 160 valence electrons. The Bertz CT molecular complexity index is 1040. The Labute approximate surface area is 185 Å². The summed E-state index contributed by atoms with van der Waals surface area (Å²) in [4.78, 5) is 32.5. The van der Waals surface area contributed by atoms with Crippen LogP contribution in [0.25, 0.3) is 10.2 Å². The second-order valence-electron chi connectivity index (χ2n) is 7.04. The molecule has 1 heterocycles. The number of aryl methyl sites for hydroxylation is 1. The van der Waals surface area contributed by atoms with Gasteiger partial charge in [0.05, 0.1) is 15.1 Å². The summed E-state index contributed by atoms with van der Waals surface area (Å²) in [6, 6.07) is 12.1. The number of aromatic nitrogens is 1. The van der Waals surface area contributed by atoms with Crippen LogP contribution in [0.3, 0.4) is 0 Å². The van der Waals surface area contributed by atoms with Crippen LogP contribution in [-0.4, -0.2) is 47.9 Å². The summed E-state index contributed by atoms with van der Waals surface area (Å²) < 4.78 is 1.01. The second-order valence-corrected chi connectivity index (χ2v) is 8.05. The van der Waals surface area contributed by atoms with Gasteiger partial charge >= 0.3 is 0 Å². The van der Waals surface area contributed by atoms with Gasteiger partial charge in [0.15, 0.2) is 5.13 Å². The van der Waals surface area contributed by atoms with Gasteiger partial charge in [-0.3, -0.25) is 19.8 Å². The predicted octanol–water partition coefficient (Wildman–Crippen LogP) is 4.79. The highest BCUT2D eigenvalue weighted by atomic mass is 35.5. The fourth-order valence-corrected chi connectivity index (χ4v) is 4.13. The molecular formula is C21H25ClN4O3S. The molecule has 0 unspecified atom stereocenters. The average Bonchev–Trinajstić information content (AvgIpc) is 3.13. The lowest BCUT2D eigenvalue weighted by atomic mass is 10.1. The molecule has 0 radical (unpaired) electrons. The molecular weight excluding hydrogens is 424 g/mol. The summed E-state index contributed by atoms with van der Waals surface area (Å²) in [5.74, 6) is -0.397. The van der Waals surface area contributed by atoms with Crippen LogP contribution in [0.5, 0.6) is 0 Å². The number of nitro groups is 1. The van der Waals surface area contributed by atoms with Crippen molar-refractivity contribution in [1.82, 2.24) is 9.88 Å².